The number of hydrogen-bond acceptors (Lipinski definition) is 4. The van der Waals surface area contributed by atoms with Gasteiger partial charge in [-0.25, -0.2) is 4.98 Å². The second-order valence-corrected chi connectivity index (χ2v) is 6.02. The van der Waals surface area contributed by atoms with Crippen molar-refractivity contribution in [2.24, 2.45) is 0 Å². The van der Waals surface area contributed by atoms with Crippen LogP contribution >= 0.6 is 11.6 Å². The van der Waals surface area contributed by atoms with Gasteiger partial charge in [-0.3, -0.25) is 4.79 Å². The molecule has 1 amide bonds. The highest BCUT2D eigenvalue weighted by Crippen LogP contribution is 2.25. The first-order valence-corrected chi connectivity index (χ1v) is 8.26. The van der Waals surface area contributed by atoms with Crippen molar-refractivity contribution in [3.63, 3.8) is 0 Å². The average molecular weight is 372 g/mol. The number of carbonyl (C=O) groups is 1. The van der Waals surface area contributed by atoms with Gasteiger partial charge >= 0.3 is 0 Å². The minimum absolute atomic E-state index is 0.308. The molecule has 0 aliphatic rings. The number of imidazole rings is 1. The van der Waals surface area contributed by atoms with Gasteiger partial charge in [-0.2, -0.15) is 0 Å². The third kappa shape index (κ3) is 4.15. The third-order valence-corrected chi connectivity index (χ3v) is 4.02. The molecule has 3 rings (SSSR count). The van der Waals surface area contributed by atoms with Crippen molar-refractivity contribution in [2.75, 3.05) is 19.5 Å². The Morgan fingerprint density at radius 2 is 2.04 bits per heavy atom. The number of ether oxygens (including phenoxy) is 2. The SMILES string of the molecule is COc1ccc(C(=O)Nc2cn(Cc3cccc(Cl)c3)cn2)c(OC)c1. The van der Waals surface area contributed by atoms with Crippen LogP contribution in [0.2, 0.25) is 5.02 Å². The van der Waals surface area contributed by atoms with E-state index in [2.05, 4.69) is 10.3 Å². The van der Waals surface area contributed by atoms with Crippen molar-refractivity contribution in [3.8, 4) is 11.5 Å². The Labute approximate surface area is 156 Å². The lowest BCUT2D eigenvalue weighted by atomic mass is 10.1. The van der Waals surface area contributed by atoms with Gasteiger partial charge in [0, 0.05) is 23.8 Å². The zero-order chi connectivity index (χ0) is 18.5. The van der Waals surface area contributed by atoms with Crippen LogP contribution in [0.3, 0.4) is 0 Å². The summed E-state index contributed by atoms with van der Waals surface area (Å²) in [6.45, 7) is 0.606. The Hall–Kier alpha value is -2.99. The number of hydrogen-bond donors (Lipinski definition) is 1. The van der Waals surface area contributed by atoms with Gasteiger partial charge in [-0.15, -0.1) is 0 Å². The summed E-state index contributed by atoms with van der Waals surface area (Å²) in [5.74, 6) is 1.19. The molecule has 26 heavy (non-hydrogen) atoms. The minimum Gasteiger partial charge on any atom is -0.497 e. The molecule has 0 saturated heterocycles. The summed E-state index contributed by atoms with van der Waals surface area (Å²) in [6, 6.07) is 12.6. The molecular formula is C19H18ClN3O3. The first-order valence-electron chi connectivity index (χ1n) is 7.88. The van der Waals surface area contributed by atoms with E-state index in [9.17, 15) is 4.79 Å². The molecule has 0 radical (unpaired) electrons. The van der Waals surface area contributed by atoms with Crippen molar-refractivity contribution in [1.29, 1.82) is 0 Å². The molecule has 2 aromatic carbocycles. The molecule has 0 saturated carbocycles. The molecule has 0 bridgehead atoms. The summed E-state index contributed by atoms with van der Waals surface area (Å²) in [7, 11) is 3.06. The van der Waals surface area contributed by atoms with E-state index in [1.54, 1.807) is 37.8 Å². The molecule has 1 aromatic heterocycles. The molecule has 0 aliphatic carbocycles. The Morgan fingerprint density at radius 1 is 1.19 bits per heavy atom. The molecule has 1 heterocycles. The van der Waals surface area contributed by atoms with Crippen LogP contribution in [0.1, 0.15) is 15.9 Å². The Bertz CT molecular complexity index is 924. The maximum Gasteiger partial charge on any atom is 0.260 e. The normalized spacial score (nSPS) is 10.4. The van der Waals surface area contributed by atoms with Gasteiger partial charge in [0.1, 0.15) is 11.5 Å². The van der Waals surface area contributed by atoms with Gasteiger partial charge in [0.05, 0.1) is 26.1 Å². The molecule has 6 nitrogen and oxygen atoms in total. The van der Waals surface area contributed by atoms with Gasteiger partial charge in [-0.05, 0) is 29.8 Å². The third-order valence-electron chi connectivity index (χ3n) is 3.78. The van der Waals surface area contributed by atoms with Crippen LogP contribution in [0.5, 0.6) is 11.5 Å². The summed E-state index contributed by atoms with van der Waals surface area (Å²) in [5, 5.41) is 3.45. The zero-order valence-electron chi connectivity index (χ0n) is 14.4. The van der Waals surface area contributed by atoms with E-state index in [1.165, 1.54) is 7.11 Å². The molecule has 0 spiro atoms. The fourth-order valence-electron chi connectivity index (χ4n) is 2.53. The Balaban J connectivity index is 1.72. The highest BCUT2D eigenvalue weighted by molar-refractivity contribution is 6.30. The largest absolute Gasteiger partial charge is 0.497 e. The van der Waals surface area contributed by atoms with Crippen molar-refractivity contribution >= 4 is 23.3 Å². The number of anilines is 1. The first kappa shape index (κ1) is 17.8. The second-order valence-electron chi connectivity index (χ2n) is 5.58. The van der Waals surface area contributed by atoms with Crippen molar-refractivity contribution in [3.05, 3.63) is 71.1 Å². The smallest absolute Gasteiger partial charge is 0.260 e. The fraction of sp³-hybridized carbons (Fsp3) is 0.158. The van der Waals surface area contributed by atoms with E-state index < -0.39 is 0 Å². The highest BCUT2D eigenvalue weighted by atomic mass is 35.5. The van der Waals surface area contributed by atoms with Crippen LogP contribution < -0.4 is 14.8 Å². The molecule has 3 aromatic rings. The lowest BCUT2D eigenvalue weighted by Gasteiger charge is -2.09. The Kier molecular flexibility index (Phi) is 5.43. The summed E-state index contributed by atoms with van der Waals surface area (Å²) >= 11 is 6.00. The predicted molar refractivity (Wildman–Crippen MR) is 100 cm³/mol. The van der Waals surface area contributed by atoms with Crippen LogP contribution in [0.4, 0.5) is 5.82 Å². The number of halogens is 1. The molecule has 0 atom stereocenters. The standard InChI is InChI=1S/C19H18ClN3O3/c1-25-15-6-7-16(17(9-15)26-2)19(24)22-18-11-23(12-21-18)10-13-4-3-5-14(20)8-13/h3-9,11-12H,10H2,1-2H3,(H,22,24). The van der Waals surface area contributed by atoms with E-state index in [0.717, 1.165) is 5.56 Å². The topological polar surface area (TPSA) is 65.4 Å². The zero-order valence-corrected chi connectivity index (χ0v) is 15.2. The number of carbonyl (C=O) groups excluding carboxylic acids is 1. The molecule has 7 heteroatoms. The first-order chi connectivity index (χ1) is 12.6. The minimum atomic E-state index is -0.308. The summed E-state index contributed by atoms with van der Waals surface area (Å²) < 4.78 is 12.3. The fourth-order valence-corrected chi connectivity index (χ4v) is 2.74. The molecular weight excluding hydrogens is 354 g/mol. The number of nitrogens with one attached hydrogen (secondary N) is 1. The summed E-state index contributed by atoms with van der Waals surface area (Å²) in [4.78, 5) is 16.7. The van der Waals surface area contributed by atoms with Crippen LogP contribution in [-0.2, 0) is 6.54 Å². The monoisotopic (exact) mass is 371 g/mol. The molecule has 0 aliphatic heterocycles. The lowest BCUT2D eigenvalue weighted by Crippen LogP contribution is -2.13. The lowest BCUT2D eigenvalue weighted by molar-refractivity contribution is 0.102. The van der Waals surface area contributed by atoms with E-state index in [-0.39, 0.29) is 5.91 Å². The van der Waals surface area contributed by atoms with E-state index in [0.29, 0.717) is 34.4 Å². The van der Waals surface area contributed by atoms with Crippen molar-refractivity contribution < 1.29 is 14.3 Å². The highest BCUT2D eigenvalue weighted by Gasteiger charge is 2.14. The van der Waals surface area contributed by atoms with Crippen molar-refractivity contribution in [1.82, 2.24) is 9.55 Å². The summed E-state index contributed by atoms with van der Waals surface area (Å²) in [6.07, 6.45) is 3.41. The van der Waals surface area contributed by atoms with Gasteiger partial charge in [0.15, 0.2) is 5.82 Å². The maximum atomic E-state index is 12.5. The van der Waals surface area contributed by atoms with E-state index in [4.69, 9.17) is 21.1 Å². The predicted octanol–water partition coefficient (Wildman–Crippen LogP) is 3.85. The van der Waals surface area contributed by atoms with E-state index >= 15 is 0 Å². The number of benzene rings is 2. The molecule has 134 valence electrons. The molecule has 0 unspecified atom stereocenters. The maximum absolute atomic E-state index is 12.5. The number of aromatic nitrogens is 2. The number of methoxy groups -OCH3 is 2. The quantitative estimate of drug-likeness (QED) is 0.714. The van der Waals surface area contributed by atoms with Crippen molar-refractivity contribution in [2.45, 2.75) is 6.54 Å². The average Bonchev–Trinajstić information content (AvgIpc) is 3.07. The van der Waals surface area contributed by atoms with Crippen LogP contribution in [0.25, 0.3) is 0 Å². The molecule has 0 fully saturated rings. The Morgan fingerprint density at radius 3 is 2.77 bits per heavy atom. The van der Waals surface area contributed by atoms with E-state index in [1.807, 2.05) is 28.8 Å². The number of rotatable bonds is 6. The van der Waals surface area contributed by atoms with Gasteiger partial charge in [-0.1, -0.05) is 23.7 Å². The van der Waals surface area contributed by atoms with Gasteiger partial charge in [0.25, 0.3) is 5.91 Å². The second kappa shape index (κ2) is 7.93. The summed E-state index contributed by atoms with van der Waals surface area (Å²) in [5.41, 5.74) is 1.45. The molecule has 1 N–H and O–H groups in total. The number of nitrogens with zero attached hydrogens (tertiary/aromatic N) is 2. The van der Waals surface area contributed by atoms with Gasteiger partial charge < -0.3 is 19.4 Å². The van der Waals surface area contributed by atoms with Gasteiger partial charge in [0.2, 0.25) is 0 Å². The van der Waals surface area contributed by atoms with Crippen LogP contribution in [-0.4, -0.2) is 29.7 Å². The van der Waals surface area contributed by atoms with Crippen LogP contribution in [0.15, 0.2) is 55.0 Å². The number of amides is 1. The van der Waals surface area contributed by atoms with Crippen LogP contribution in [0, 0.1) is 0 Å².